The molecule has 43 heavy (non-hydrogen) atoms. The van der Waals surface area contributed by atoms with Gasteiger partial charge in [0.2, 0.25) is 5.91 Å². The Kier molecular flexibility index (Phi) is 9.79. The molecule has 1 aliphatic rings. The molecule has 0 aliphatic carbocycles. The molecule has 3 N–H and O–H groups in total. The molecule has 0 saturated carbocycles. The van der Waals surface area contributed by atoms with E-state index in [1.54, 1.807) is 31.5 Å². The molecule has 0 spiro atoms. The van der Waals surface area contributed by atoms with E-state index in [1.165, 1.54) is 6.20 Å². The molecule has 3 heterocycles. The van der Waals surface area contributed by atoms with E-state index in [9.17, 15) is 10.1 Å². The van der Waals surface area contributed by atoms with Gasteiger partial charge in [-0.3, -0.25) is 14.8 Å². The molecule has 0 unspecified atom stereocenters. The van der Waals surface area contributed by atoms with Gasteiger partial charge in [-0.1, -0.05) is 11.6 Å². The van der Waals surface area contributed by atoms with Crippen LogP contribution in [0.25, 0.3) is 10.9 Å². The number of rotatable bonds is 11. The number of fused-ring (bicyclic) bond motifs is 1. The smallest absolute Gasteiger partial charge is 0.248 e. The van der Waals surface area contributed by atoms with Crippen LogP contribution in [0.1, 0.15) is 29.7 Å². The first kappa shape index (κ1) is 29.5. The third-order valence-corrected chi connectivity index (χ3v) is 7.02. The van der Waals surface area contributed by atoms with Crippen molar-refractivity contribution in [3.8, 4) is 17.6 Å². The normalized spacial score (nSPS) is 12.8. The van der Waals surface area contributed by atoms with Gasteiger partial charge in [0, 0.05) is 42.7 Å². The van der Waals surface area contributed by atoms with Gasteiger partial charge in [0.05, 0.1) is 34.8 Å². The topological polar surface area (TPSA) is 130 Å². The minimum atomic E-state index is -0.233. The van der Waals surface area contributed by atoms with Gasteiger partial charge in [0.25, 0.3) is 0 Å². The third kappa shape index (κ3) is 7.65. The first-order chi connectivity index (χ1) is 21.0. The maximum Gasteiger partial charge on any atom is 0.248 e. The maximum atomic E-state index is 13.0. The number of aryl methyl sites for hydroxylation is 1. The second-order valence-electron chi connectivity index (χ2n) is 10.1. The lowest BCUT2D eigenvalue weighted by Crippen LogP contribution is -2.24. The predicted octanol–water partition coefficient (Wildman–Crippen LogP) is 5.41. The van der Waals surface area contributed by atoms with E-state index in [1.807, 2.05) is 43.3 Å². The summed E-state index contributed by atoms with van der Waals surface area (Å²) in [7, 11) is 1.60. The van der Waals surface area contributed by atoms with Crippen molar-refractivity contribution >= 4 is 33.9 Å². The van der Waals surface area contributed by atoms with Gasteiger partial charge < -0.3 is 30.2 Å². The van der Waals surface area contributed by atoms with E-state index in [-0.39, 0.29) is 5.91 Å². The molecule has 0 radical (unpaired) electrons. The van der Waals surface area contributed by atoms with Gasteiger partial charge >= 0.3 is 0 Å². The molecule has 10 nitrogen and oxygen atoms in total. The highest BCUT2D eigenvalue weighted by atomic mass is 16.5. The Hall–Kier alpha value is -4.98. The number of nitriles is 1. The van der Waals surface area contributed by atoms with Crippen molar-refractivity contribution in [2.75, 3.05) is 44.0 Å². The summed E-state index contributed by atoms with van der Waals surface area (Å²) in [5.41, 5.74) is 5.65. The molecular formula is C33H34N6O4. The number of pyridine rings is 2. The van der Waals surface area contributed by atoms with E-state index in [0.717, 1.165) is 54.2 Å². The van der Waals surface area contributed by atoms with E-state index >= 15 is 0 Å². The molecule has 4 aromatic rings. The molecule has 2 aromatic carbocycles. The van der Waals surface area contributed by atoms with Crippen LogP contribution in [0.5, 0.6) is 11.5 Å². The summed E-state index contributed by atoms with van der Waals surface area (Å²) in [6.07, 6.45) is 6.59. The first-order valence-corrected chi connectivity index (χ1v) is 14.1. The van der Waals surface area contributed by atoms with Gasteiger partial charge in [-0.15, -0.1) is 0 Å². The Morgan fingerprint density at radius 2 is 1.93 bits per heavy atom. The predicted molar refractivity (Wildman–Crippen MR) is 166 cm³/mol. The average Bonchev–Trinajstić information content (AvgIpc) is 3.02. The summed E-state index contributed by atoms with van der Waals surface area (Å²) < 4.78 is 17.1. The number of benzene rings is 2. The van der Waals surface area contributed by atoms with E-state index < -0.39 is 0 Å². The number of anilines is 3. The summed E-state index contributed by atoms with van der Waals surface area (Å²) in [6, 6.07) is 17.2. The van der Waals surface area contributed by atoms with Crippen molar-refractivity contribution in [1.29, 1.82) is 5.26 Å². The summed E-state index contributed by atoms with van der Waals surface area (Å²) in [5, 5.41) is 20.3. The molecule has 0 atom stereocenters. The lowest BCUT2D eigenvalue weighted by molar-refractivity contribution is -0.112. The Morgan fingerprint density at radius 1 is 1.07 bits per heavy atom. The lowest BCUT2D eigenvalue weighted by Gasteiger charge is -2.18. The molecule has 10 heteroatoms. The Bertz CT molecular complexity index is 1660. The molecule has 1 saturated heterocycles. The summed E-state index contributed by atoms with van der Waals surface area (Å²) in [5.74, 6) is 0.973. The Balaban J connectivity index is 1.45. The standard InChI is InChI=1S/C33H34N6O4/c1-22-15-25(6-7-30(22)43-21-26-5-3-4-10-36-26)38-33-24(19-34)20-37-28-18-31(42-14-13-41-2)29(17-27(28)33)39-32(40)16-23-8-11-35-12-9-23/h3-7,10,15-18,20,35H,8-9,11-14,21H2,1-2H3,(H,37,38)(H,39,40). The molecule has 0 bridgehead atoms. The second-order valence-corrected chi connectivity index (χ2v) is 10.1. The monoisotopic (exact) mass is 578 g/mol. The fourth-order valence-electron chi connectivity index (χ4n) is 4.81. The van der Waals surface area contributed by atoms with Gasteiger partial charge in [-0.2, -0.15) is 5.26 Å². The highest BCUT2D eigenvalue weighted by molar-refractivity contribution is 6.05. The summed E-state index contributed by atoms with van der Waals surface area (Å²) in [4.78, 5) is 21.8. The average molecular weight is 579 g/mol. The third-order valence-electron chi connectivity index (χ3n) is 7.02. The van der Waals surface area contributed by atoms with Crippen LogP contribution in [0.2, 0.25) is 0 Å². The lowest BCUT2D eigenvalue weighted by atomic mass is 10.0. The Morgan fingerprint density at radius 3 is 2.67 bits per heavy atom. The van der Waals surface area contributed by atoms with Crippen molar-refractivity contribution in [2.24, 2.45) is 0 Å². The number of hydrogen-bond donors (Lipinski definition) is 3. The number of aromatic nitrogens is 2. The number of nitrogens with one attached hydrogen (secondary N) is 3. The number of hydrogen-bond acceptors (Lipinski definition) is 9. The zero-order chi connectivity index (χ0) is 30.0. The van der Waals surface area contributed by atoms with Crippen LogP contribution in [-0.4, -0.2) is 49.3 Å². The van der Waals surface area contributed by atoms with Crippen molar-refractivity contribution in [3.05, 3.63) is 89.4 Å². The van der Waals surface area contributed by atoms with E-state index in [0.29, 0.717) is 53.4 Å². The number of ether oxygens (including phenoxy) is 3. The molecule has 220 valence electrons. The molecular weight excluding hydrogens is 544 g/mol. The minimum absolute atomic E-state index is 0.233. The van der Waals surface area contributed by atoms with Crippen molar-refractivity contribution in [2.45, 2.75) is 26.4 Å². The molecule has 1 amide bonds. The van der Waals surface area contributed by atoms with E-state index in [2.05, 4.69) is 32.0 Å². The molecule has 1 fully saturated rings. The van der Waals surface area contributed by atoms with Crippen LogP contribution in [-0.2, 0) is 16.1 Å². The Labute approximate surface area is 250 Å². The van der Waals surface area contributed by atoms with Gasteiger partial charge in [0.1, 0.15) is 30.8 Å². The van der Waals surface area contributed by atoms with E-state index in [4.69, 9.17) is 14.2 Å². The van der Waals surface area contributed by atoms with Gasteiger partial charge in [-0.25, -0.2) is 0 Å². The number of carbonyl (C=O) groups is 1. The minimum Gasteiger partial charge on any atom is -0.489 e. The number of methoxy groups -OCH3 is 1. The highest BCUT2D eigenvalue weighted by Gasteiger charge is 2.17. The van der Waals surface area contributed by atoms with Crippen LogP contribution in [0.15, 0.2) is 72.6 Å². The zero-order valence-corrected chi connectivity index (χ0v) is 24.3. The van der Waals surface area contributed by atoms with Crippen LogP contribution in [0.4, 0.5) is 17.1 Å². The maximum absolute atomic E-state index is 13.0. The summed E-state index contributed by atoms with van der Waals surface area (Å²) >= 11 is 0. The largest absolute Gasteiger partial charge is 0.489 e. The van der Waals surface area contributed by atoms with Crippen LogP contribution < -0.4 is 25.4 Å². The second kappa shape index (κ2) is 14.3. The van der Waals surface area contributed by atoms with Crippen LogP contribution in [0.3, 0.4) is 0 Å². The fraction of sp³-hybridized carbons (Fsp3) is 0.273. The first-order valence-electron chi connectivity index (χ1n) is 14.1. The fourth-order valence-corrected chi connectivity index (χ4v) is 4.81. The molecule has 1 aliphatic heterocycles. The van der Waals surface area contributed by atoms with Crippen LogP contribution >= 0.6 is 0 Å². The quantitative estimate of drug-likeness (QED) is 0.158. The highest BCUT2D eigenvalue weighted by Crippen LogP contribution is 2.37. The number of amides is 1. The summed E-state index contributed by atoms with van der Waals surface area (Å²) in [6.45, 7) is 4.72. The van der Waals surface area contributed by atoms with Crippen LogP contribution in [0, 0.1) is 18.3 Å². The SMILES string of the molecule is COCCOc1cc2ncc(C#N)c(Nc3ccc(OCc4ccccn4)c(C)c3)c2cc1NC(=O)C=C1CCNCC1. The van der Waals surface area contributed by atoms with Gasteiger partial charge in [0.15, 0.2) is 0 Å². The molecule has 2 aromatic heterocycles. The van der Waals surface area contributed by atoms with Crippen molar-refractivity contribution in [1.82, 2.24) is 15.3 Å². The molecule has 5 rings (SSSR count). The van der Waals surface area contributed by atoms with Gasteiger partial charge in [-0.05, 0) is 74.8 Å². The number of nitrogens with zero attached hydrogens (tertiary/aromatic N) is 3. The number of piperidine rings is 1. The van der Waals surface area contributed by atoms with Crippen molar-refractivity contribution in [3.63, 3.8) is 0 Å². The number of carbonyl (C=O) groups excluding carboxylic acids is 1. The van der Waals surface area contributed by atoms with Crippen molar-refractivity contribution < 1.29 is 19.0 Å². The zero-order valence-electron chi connectivity index (χ0n) is 24.3.